The first kappa shape index (κ1) is 22.8. The Labute approximate surface area is 176 Å². The van der Waals surface area contributed by atoms with Crippen molar-refractivity contribution in [3.8, 4) is 0 Å². The topological polar surface area (TPSA) is 49.3 Å². The van der Waals surface area contributed by atoms with Gasteiger partial charge >= 0.3 is 6.18 Å². The van der Waals surface area contributed by atoms with Gasteiger partial charge in [0.25, 0.3) is 0 Å². The van der Waals surface area contributed by atoms with Crippen LogP contribution in [0.1, 0.15) is 24.0 Å². The number of piperazine rings is 1. The van der Waals surface area contributed by atoms with Gasteiger partial charge in [0.15, 0.2) is 5.96 Å². The van der Waals surface area contributed by atoms with E-state index >= 15 is 0 Å². The lowest BCUT2D eigenvalue weighted by Crippen LogP contribution is -2.52. The molecule has 30 heavy (non-hydrogen) atoms. The first-order chi connectivity index (χ1) is 14.5. The van der Waals surface area contributed by atoms with E-state index in [-0.39, 0.29) is 6.10 Å². The fourth-order valence-electron chi connectivity index (χ4n) is 3.78. The number of nitrogens with zero attached hydrogens (tertiary/aromatic N) is 3. The molecule has 168 valence electrons. The van der Waals surface area contributed by atoms with Gasteiger partial charge < -0.3 is 19.7 Å². The number of benzene rings is 1. The maximum Gasteiger partial charge on any atom is 0.416 e. The van der Waals surface area contributed by atoms with Crippen LogP contribution in [0.2, 0.25) is 0 Å². The molecule has 1 aromatic carbocycles. The van der Waals surface area contributed by atoms with Crippen molar-refractivity contribution in [3.05, 3.63) is 35.4 Å². The van der Waals surface area contributed by atoms with Gasteiger partial charge in [-0.05, 0) is 24.5 Å². The van der Waals surface area contributed by atoms with E-state index in [9.17, 15) is 13.2 Å². The summed E-state index contributed by atoms with van der Waals surface area (Å²) in [6.45, 7) is 6.33. The molecule has 1 aromatic rings. The smallest absolute Gasteiger partial charge is 0.377 e. The zero-order valence-corrected chi connectivity index (χ0v) is 17.5. The largest absolute Gasteiger partial charge is 0.416 e. The minimum atomic E-state index is -4.30. The van der Waals surface area contributed by atoms with Crippen molar-refractivity contribution in [2.24, 2.45) is 4.99 Å². The summed E-state index contributed by atoms with van der Waals surface area (Å²) in [4.78, 5) is 8.68. The van der Waals surface area contributed by atoms with Crippen molar-refractivity contribution in [1.82, 2.24) is 15.1 Å². The average molecular weight is 428 g/mol. The second-order valence-electron chi connectivity index (χ2n) is 7.65. The Bertz CT molecular complexity index is 685. The van der Waals surface area contributed by atoms with Gasteiger partial charge in [-0.25, -0.2) is 0 Å². The van der Waals surface area contributed by atoms with Crippen molar-refractivity contribution < 1.29 is 22.6 Å². The first-order valence-electron chi connectivity index (χ1n) is 10.5. The van der Waals surface area contributed by atoms with Crippen LogP contribution in [0.3, 0.4) is 0 Å². The molecule has 1 N–H and O–H groups in total. The van der Waals surface area contributed by atoms with E-state index in [4.69, 9.17) is 9.47 Å². The second-order valence-corrected chi connectivity index (χ2v) is 7.65. The highest BCUT2D eigenvalue weighted by molar-refractivity contribution is 5.80. The Morgan fingerprint density at radius 1 is 1.27 bits per heavy atom. The molecular formula is C21H31F3N4O2. The van der Waals surface area contributed by atoms with E-state index in [1.165, 1.54) is 12.1 Å². The lowest BCUT2D eigenvalue weighted by atomic mass is 10.1. The third-order valence-corrected chi connectivity index (χ3v) is 5.40. The number of aliphatic imine (C=N–C) groups is 1. The fourth-order valence-corrected chi connectivity index (χ4v) is 3.78. The third kappa shape index (κ3) is 6.85. The van der Waals surface area contributed by atoms with Crippen molar-refractivity contribution >= 4 is 5.96 Å². The standard InChI is InChI=1S/C21H31F3N4O2/c1-25-20(26-7-13-29-16-19-6-3-12-30-19)28-10-8-27(9-11-28)15-17-4-2-5-18(14-17)21(22,23)24/h2,4-5,14,19H,3,6-13,15-16H2,1H3,(H,25,26). The molecule has 2 aliphatic heterocycles. The maximum absolute atomic E-state index is 12.9. The molecule has 0 amide bonds. The van der Waals surface area contributed by atoms with Gasteiger partial charge in [-0.15, -0.1) is 0 Å². The highest BCUT2D eigenvalue weighted by Gasteiger charge is 2.30. The minimum Gasteiger partial charge on any atom is -0.377 e. The molecule has 9 heteroatoms. The van der Waals surface area contributed by atoms with Crippen LogP contribution in [0.25, 0.3) is 0 Å². The average Bonchev–Trinajstić information content (AvgIpc) is 3.25. The molecule has 2 aliphatic rings. The number of guanidine groups is 1. The van der Waals surface area contributed by atoms with Gasteiger partial charge in [-0.2, -0.15) is 13.2 Å². The number of ether oxygens (including phenoxy) is 2. The molecule has 0 spiro atoms. The molecule has 2 fully saturated rings. The summed E-state index contributed by atoms with van der Waals surface area (Å²) < 4.78 is 49.9. The molecule has 2 heterocycles. The van der Waals surface area contributed by atoms with Gasteiger partial charge in [0.1, 0.15) is 0 Å². The Kier molecular flexibility index (Phi) is 8.35. The predicted octanol–water partition coefficient (Wildman–Crippen LogP) is 2.59. The number of halogens is 3. The molecule has 0 aliphatic carbocycles. The van der Waals surface area contributed by atoms with Crippen molar-refractivity contribution in [1.29, 1.82) is 0 Å². The van der Waals surface area contributed by atoms with Crippen LogP contribution in [-0.4, -0.2) is 81.5 Å². The summed E-state index contributed by atoms with van der Waals surface area (Å²) >= 11 is 0. The van der Waals surface area contributed by atoms with E-state index in [1.54, 1.807) is 13.1 Å². The number of alkyl halides is 3. The number of hydrogen-bond donors (Lipinski definition) is 1. The zero-order chi connectivity index (χ0) is 21.4. The molecule has 6 nitrogen and oxygen atoms in total. The van der Waals surface area contributed by atoms with Gasteiger partial charge in [-0.3, -0.25) is 9.89 Å². The van der Waals surface area contributed by atoms with Crippen molar-refractivity contribution in [2.75, 3.05) is 59.6 Å². The molecule has 1 atom stereocenters. The van der Waals surface area contributed by atoms with Crippen LogP contribution < -0.4 is 5.32 Å². The summed E-state index contributed by atoms with van der Waals surface area (Å²) in [5.41, 5.74) is 0.0918. The van der Waals surface area contributed by atoms with Gasteiger partial charge in [0, 0.05) is 52.9 Å². The molecule has 0 aromatic heterocycles. The molecule has 0 bridgehead atoms. The van der Waals surface area contributed by atoms with Gasteiger partial charge in [0.2, 0.25) is 0 Å². The quantitative estimate of drug-likeness (QED) is 0.411. The van der Waals surface area contributed by atoms with E-state index in [0.717, 1.165) is 57.7 Å². The minimum absolute atomic E-state index is 0.231. The number of rotatable bonds is 7. The number of nitrogens with one attached hydrogen (secondary N) is 1. The van der Waals surface area contributed by atoms with Crippen molar-refractivity contribution in [2.45, 2.75) is 31.7 Å². The van der Waals surface area contributed by atoms with Gasteiger partial charge in [0.05, 0.1) is 24.9 Å². The van der Waals surface area contributed by atoms with E-state index in [0.29, 0.717) is 31.9 Å². The third-order valence-electron chi connectivity index (χ3n) is 5.40. The monoisotopic (exact) mass is 428 g/mol. The summed E-state index contributed by atoms with van der Waals surface area (Å²) in [5, 5.41) is 3.32. The molecular weight excluding hydrogens is 397 g/mol. The summed E-state index contributed by atoms with van der Waals surface area (Å²) in [5.74, 6) is 0.828. The lowest BCUT2D eigenvalue weighted by Gasteiger charge is -2.36. The molecule has 0 radical (unpaired) electrons. The summed E-state index contributed by atoms with van der Waals surface area (Å²) in [6.07, 6.45) is -1.89. The Hall–Kier alpha value is -1.84. The SMILES string of the molecule is CN=C(NCCOCC1CCCO1)N1CCN(Cc2cccc(C(F)(F)F)c2)CC1. The first-order valence-corrected chi connectivity index (χ1v) is 10.5. The fraction of sp³-hybridized carbons (Fsp3) is 0.667. The number of hydrogen-bond acceptors (Lipinski definition) is 4. The van der Waals surface area contributed by atoms with Crippen LogP contribution in [0.15, 0.2) is 29.3 Å². The molecule has 2 saturated heterocycles. The van der Waals surface area contributed by atoms with Crippen LogP contribution in [0.5, 0.6) is 0 Å². The van der Waals surface area contributed by atoms with Crippen LogP contribution in [0, 0.1) is 0 Å². The van der Waals surface area contributed by atoms with Crippen molar-refractivity contribution in [3.63, 3.8) is 0 Å². The lowest BCUT2D eigenvalue weighted by molar-refractivity contribution is -0.137. The van der Waals surface area contributed by atoms with E-state index < -0.39 is 11.7 Å². The van der Waals surface area contributed by atoms with Crippen LogP contribution >= 0.6 is 0 Å². The molecule has 3 rings (SSSR count). The highest BCUT2D eigenvalue weighted by atomic mass is 19.4. The van der Waals surface area contributed by atoms with E-state index in [1.807, 2.05) is 0 Å². The Morgan fingerprint density at radius 2 is 2.07 bits per heavy atom. The summed E-state index contributed by atoms with van der Waals surface area (Å²) in [7, 11) is 1.75. The molecule has 1 unspecified atom stereocenters. The van der Waals surface area contributed by atoms with Crippen LogP contribution in [-0.2, 0) is 22.2 Å². The van der Waals surface area contributed by atoms with E-state index in [2.05, 4.69) is 20.1 Å². The Morgan fingerprint density at radius 3 is 2.73 bits per heavy atom. The maximum atomic E-state index is 12.9. The highest BCUT2D eigenvalue weighted by Crippen LogP contribution is 2.29. The van der Waals surface area contributed by atoms with Gasteiger partial charge in [-0.1, -0.05) is 18.2 Å². The van der Waals surface area contributed by atoms with Crippen LogP contribution in [0.4, 0.5) is 13.2 Å². The molecule has 0 saturated carbocycles. The normalized spacial score (nSPS) is 21.3. The predicted molar refractivity (Wildman–Crippen MR) is 109 cm³/mol. The Balaban J connectivity index is 1.37. The summed E-state index contributed by atoms with van der Waals surface area (Å²) in [6, 6.07) is 5.57. The second kappa shape index (κ2) is 11.0. The zero-order valence-electron chi connectivity index (χ0n) is 17.5.